The molecule has 122 valence electrons. The maximum absolute atomic E-state index is 12.5. The van der Waals surface area contributed by atoms with E-state index in [4.69, 9.17) is 16.3 Å². The van der Waals surface area contributed by atoms with Gasteiger partial charge < -0.3 is 15.0 Å². The zero-order valence-corrected chi connectivity index (χ0v) is 14.1. The molecular formula is C17H25ClN2O2. The maximum Gasteiger partial charge on any atom is 0.249 e. The number of ether oxygens (including phenoxy) is 1. The van der Waals surface area contributed by atoms with Crippen LogP contribution in [0.25, 0.3) is 0 Å². The number of halogens is 1. The van der Waals surface area contributed by atoms with Gasteiger partial charge in [0.2, 0.25) is 5.91 Å². The normalized spacial score (nSPS) is 16.0. The summed E-state index contributed by atoms with van der Waals surface area (Å²) in [7, 11) is 0. The van der Waals surface area contributed by atoms with E-state index in [9.17, 15) is 4.79 Å². The van der Waals surface area contributed by atoms with Gasteiger partial charge in [0, 0.05) is 17.6 Å². The second-order valence-electron chi connectivity index (χ2n) is 6.01. The molecule has 2 rings (SSSR count). The highest BCUT2D eigenvalue weighted by molar-refractivity contribution is 6.30. The summed E-state index contributed by atoms with van der Waals surface area (Å²) in [6, 6.07) is 7.77. The number of nitrogens with one attached hydrogen (secondary N) is 1. The Morgan fingerprint density at radius 3 is 2.77 bits per heavy atom. The van der Waals surface area contributed by atoms with Crippen LogP contribution >= 0.6 is 11.6 Å². The molecule has 0 saturated carbocycles. The van der Waals surface area contributed by atoms with Crippen LogP contribution in [0.2, 0.25) is 5.02 Å². The minimum atomic E-state index is 0.0357. The van der Waals surface area contributed by atoms with E-state index in [1.54, 1.807) is 0 Å². The van der Waals surface area contributed by atoms with E-state index in [1.165, 1.54) is 0 Å². The Bertz CT molecular complexity index is 487. The molecule has 1 saturated heterocycles. The van der Waals surface area contributed by atoms with Crippen molar-refractivity contribution >= 4 is 17.5 Å². The van der Waals surface area contributed by atoms with Crippen molar-refractivity contribution in [3.63, 3.8) is 0 Å². The van der Waals surface area contributed by atoms with E-state index in [0.717, 1.165) is 31.5 Å². The van der Waals surface area contributed by atoms with Gasteiger partial charge in [-0.1, -0.05) is 23.7 Å². The Morgan fingerprint density at radius 2 is 2.14 bits per heavy atom. The molecule has 0 spiro atoms. The average Bonchev–Trinajstić information content (AvgIpc) is 2.51. The molecule has 0 aromatic heterocycles. The van der Waals surface area contributed by atoms with E-state index < -0.39 is 0 Å². The summed E-state index contributed by atoms with van der Waals surface area (Å²) < 4.78 is 5.78. The molecule has 1 aromatic carbocycles. The van der Waals surface area contributed by atoms with Crippen molar-refractivity contribution in [3.8, 4) is 0 Å². The monoisotopic (exact) mass is 324 g/mol. The van der Waals surface area contributed by atoms with Crippen LogP contribution in [0.4, 0.5) is 0 Å². The smallest absolute Gasteiger partial charge is 0.249 e. The van der Waals surface area contributed by atoms with Gasteiger partial charge in [-0.3, -0.25) is 4.79 Å². The van der Waals surface area contributed by atoms with Crippen molar-refractivity contribution in [2.45, 2.75) is 45.4 Å². The summed E-state index contributed by atoms with van der Waals surface area (Å²) in [4.78, 5) is 14.3. The third-order valence-electron chi connectivity index (χ3n) is 3.91. The molecule has 1 N–H and O–H groups in total. The van der Waals surface area contributed by atoms with Crippen LogP contribution in [0.15, 0.2) is 24.3 Å². The molecule has 0 atom stereocenters. The first-order valence-electron chi connectivity index (χ1n) is 7.92. The number of benzene rings is 1. The van der Waals surface area contributed by atoms with Crippen molar-refractivity contribution < 1.29 is 9.53 Å². The van der Waals surface area contributed by atoms with Crippen molar-refractivity contribution in [1.29, 1.82) is 0 Å². The number of nitrogens with zero attached hydrogens (tertiary/aromatic N) is 1. The summed E-state index contributed by atoms with van der Waals surface area (Å²) in [6.45, 7) is 6.69. The van der Waals surface area contributed by atoms with Gasteiger partial charge >= 0.3 is 0 Å². The largest absolute Gasteiger partial charge is 0.368 e. The topological polar surface area (TPSA) is 41.6 Å². The lowest BCUT2D eigenvalue weighted by Gasteiger charge is -2.29. The lowest BCUT2D eigenvalue weighted by Crippen LogP contribution is -2.40. The number of piperidine rings is 1. The zero-order chi connectivity index (χ0) is 15.9. The van der Waals surface area contributed by atoms with E-state index in [-0.39, 0.29) is 24.7 Å². The summed E-state index contributed by atoms with van der Waals surface area (Å²) in [5, 5.41) is 3.99. The van der Waals surface area contributed by atoms with Gasteiger partial charge in [-0.2, -0.15) is 0 Å². The molecule has 22 heavy (non-hydrogen) atoms. The van der Waals surface area contributed by atoms with Crippen molar-refractivity contribution in [2.75, 3.05) is 19.7 Å². The quantitative estimate of drug-likeness (QED) is 0.875. The van der Waals surface area contributed by atoms with Crippen molar-refractivity contribution in [1.82, 2.24) is 10.2 Å². The van der Waals surface area contributed by atoms with E-state index in [2.05, 4.69) is 5.32 Å². The molecule has 0 radical (unpaired) electrons. The van der Waals surface area contributed by atoms with Crippen LogP contribution in [0, 0.1) is 0 Å². The first-order valence-corrected chi connectivity index (χ1v) is 8.30. The molecule has 4 nitrogen and oxygen atoms in total. The fraction of sp³-hybridized carbons (Fsp3) is 0.588. The molecular weight excluding hydrogens is 300 g/mol. The van der Waals surface area contributed by atoms with Gasteiger partial charge in [-0.15, -0.1) is 0 Å². The van der Waals surface area contributed by atoms with Gasteiger partial charge in [-0.05, 0) is 57.5 Å². The number of amides is 1. The van der Waals surface area contributed by atoms with Crippen LogP contribution in [0.3, 0.4) is 0 Å². The van der Waals surface area contributed by atoms with Gasteiger partial charge in [-0.25, -0.2) is 0 Å². The van der Waals surface area contributed by atoms with Crippen LogP contribution in [0.1, 0.15) is 32.3 Å². The van der Waals surface area contributed by atoms with Gasteiger partial charge in [0.25, 0.3) is 0 Å². The molecule has 1 aromatic rings. The lowest BCUT2D eigenvalue weighted by atomic mass is 10.1. The van der Waals surface area contributed by atoms with E-state index in [1.807, 2.05) is 43.0 Å². The Balaban J connectivity index is 1.90. The highest BCUT2D eigenvalue weighted by atomic mass is 35.5. The molecule has 1 amide bonds. The summed E-state index contributed by atoms with van der Waals surface area (Å²) in [5.41, 5.74) is 1.04. The summed E-state index contributed by atoms with van der Waals surface area (Å²) in [6.07, 6.45) is 2.15. The zero-order valence-electron chi connectivity index (χ0n) is 13.3. The number of rotatable bonds is 6. The number of carbonyl (C=O) groups is 1. The van der Waals surface area contributed by atoms with Crippen LogP contribution < -0.4 is 5.32 Å². The minimum Gasteiger partial charge on any atom is -0.368 e. The molecule has 1 fully saturated rings. The highest BCUT2D eigenvalue weighted by Gasteiger charge is 2.20. The second-order valence-corrected chi connectivity index (χ2v) is 6.44. The molecule has 1 aliphatic rings. The predicted molar refractivity (Wildman–Crippen MR) is 89.0 cm³/mol. The fourth-order valence-electron chi connectivity index (χ4n) is 2.62. The standard InChI is InChI=1S/C17H25ClN2O2/c1-13(2)20(11-14-4-3-5-15(18)10-14)17(21)12-22-16-6-8-19-9-7-16/h3-5,10,13,16,19H,6-9,11-12H2,1-2H3. The first-order chi connectivity index (χ1) is 10.6. The lowest BCUT2D eigenvalue weighted by molar-refractivity contribution is -0.141. The summed E-state index contributed by atoms with van der Waals surface area (Å²) in [5.74, 6) is 0.0357. The summed E-state index contributed by atoms with van der Waals surface area (Å²) >= 11 is 6.02. The van der Waals surface area contributed by atoms with Crippen LogP contribution in [0.5, 0.6) is 0 Å². The van der Waals surface area contributed by atoms with Crippen molar-refractivity contribution in [2.24, 2.45) is 0 Å². The molecule has 0 aliphatic carbocycles. The predicted octanol–water partition coefficient (Wildman–Crippen LogP) is 2.85. The SMILES string of the molecule is CC(C)N(Cc1cccc(Cl)c1)C(=O)COC1CCNCC1. The molecule has 0 bridgehead atoms. The number of carbonyl (C=O) groups excluding carboxylic acids is 1. The number of hydrogen-bond donors (Lipinski definition) is 1. The Hall–Kier alpha value is -1.10. The fourth-order valence-corrected chi connectivity index (χ4v) is 2.84. The van der Waals surface area contributed by atoms with Crippen LogP contribution in [-0.4, -0.2) is 42.6 Å². The van der Waals surface area contributed by atoms with E-state index >= 15 is 0 Å². The minimum absolute atomic E-state index is 0.0357. The second kappa shape index (κ2) is 8.51. The van der Waals surface area contributed by atoms with Gasteiger partial charge in [0.05, 0.1) is 6.10 Å². The Kier molecular flexibility index (Phi) is 6.68. The highest BCUT2D eigenvalue weighted by Crippen LogP contribution is 2.15. The van der Waals surface area contributed by atoms with E-state index in [0.29, 0.717) is 11.6 Å². The Morgan fingerprint density at radius 1 is 1.41 bits per heavy atom. The first kappa shape index (κ1) is 17.3. The molecule has 5 heteroatoms. The third-order valence-corrected chi connectivity index (χ3v) is 4.15. The average molecular weight is 325 g/mol. The van der Waals surface area contributed by atoms with Crippen molar-refractivity contribution in [3.05, 3.63) is 34.9 Å². The molecule has 1 heterocycles. The number of hydrogen-bond acceptors (Lipinski definition) is 3. The third kappa shape index (κ3) is 5.27. The Labute approximate surface area is 137 Å². The van der Waals surface area contributed by atoms with Crippen LogP contribution in [-0.2, 0) is 16.1 Å². The van der Waals surface area contributed by atoms with Gasteiger partial charge in [0.15, 0.2) is 0 Å². The maximum atomic E-state index is 12.5. The molecule has 1 aliphatic heterocycles. The van der Waals surface area contributed by atoms with Gasteiger partial charge in [0.1, 0.15) is 6.61 Å². The molecule has 0 unspecified atom stereocenters.